The topological polar surface area (TPSA) is 67.5 Å². The summed E-state index contributed by atoms with van der Waals surface area (Å²) >= 11 is 6.43. The van der Waals surface area contributed by atoms with Crippen LogP contribution in [0.25, 0.3) is 11.1 Å². The molecule has 0 unspecified atom stereocenters. The lowest BCUT2D eigenvalue weighted by atomic mass is 9.91. The van der Waals surface area contributed by atoms with Gasteiger partial charge < -0.3 is 19.2 Å². The Kier molecular flexibility index (Phi) is 5.28. The Labute approximate surface area is 192 Å². The number of nitrogens with zero attached hydrogens (tertiary/aromatic N) is 2. The second-order valence-electron chi connectivity index (χ2n) is 9.29. The fraction of sp³-hybridized carbons (Fsp3) is 0.440. The molecule has 1 fully saturated rings. The van der Waals surface area contributed by atoms with Crippen LogP contribution in [0.5, 0.6) is 0 Å². The van der Waals surface area contributed by atoms with E-state index in [9.17, 15) is 9.59 Å². The van der Waals surface area contributed by atoms with Gasteiger partial charge in [-0.1, -0.05) is 49.1 Å². The molecule has 5 rings (SSSR count). The van der Waals surface area contributed by atoms with Crippen molar-refractivity contribution in [2.75, 3.05) is 0 Å². The van der Waals surface area contributed by atoms with E-state index in [2.05, 4.69) is 5.32 Å². The van der Waals surface area contributed by atoms with E-state index in [1.165, 1.54) is 6.42 Å². The van der Waals surface area contributed by atoms with Crippen molar-refractivity contribution in [1.29, 1.82) is 0 Å². The van der Waals surface area contributed by atoms with Crippen molar-refractivity contribution in [3.8, 4) is 0 Å². The van der Waals surface area contributed by atoms with Crippen LogP contribution in [0.3, 0.4) is 0 Å². The summed E-state index contributed by atoms with van der Waals surface area (Å²) in [6, 6.07) is 11.3. The minimum atomic E-state index is -1.06. The van der Waals surface area contributed by atoms with Gasteiger partial charge in [0.1, 0.15) is 17.0 Å². The van der Waals surface area contributed by atoms with Crippen molar-refractivity contribution in [3.05, 3.63) is 58.4 Å². The number of benzene rings is 1. The van der Waals surface area contributed by atoms with E-state index in [1.807, 2.05) is 48.7 Å². The smallest absolute Gasteiger partial charge is 0.271 e. The molecule has 2 aliphatic rings. The van der Waals surface area contributed by atoms with E-state index in [0.717, 1.165) is 42.5 Å². The van der Waals surface area contributed by atoms with E-state index in [1.54, 1.807) is 11.0 Å². The summed E-state index contributed by atoms with van der Waals surface area (Å²) in [4.78, 5) is 29.1. The lowest BCUT2D eigenvalue weighted by molar-refractivity contribution is -0.134. The zero-order chi connectivity index (χ0) is 22.5. The zero-order valence-electron chi connectivity index (χ0n) is 18.5. The van der Waals surface area contributed by atoms with Gasteiger partial charge in [-0.05, 0) is 38.3 Å². The number of furan rings is 1. The number of aryl methyl sites for hydroxylation is 1. The van der Waals surface area contributed by atoms with Gasteiger partial charge in [0, 0.05) is 29.7 Å². The van der Waals surface area contributed by atoms with Crippen LogP contribution in [0.2, 0.25) is 5.02 Å². The summed E-state index contributed by atoms with van der Waals surface area (Å²) in [6.07, 6.45) is 5.44. The van der Waals surface area contributed by atoms with Crippen LogP contribution < -0.4 is 5.32 Å². The molecule has 0 bridgehead atoms. The van der Waals surface area contributed by atoms with Crippen LogP contribution in [-0.4, -0.2) is 32.9 Å². The largest absolute Gasteiger partial charge is 0.460 e. The maximum absolute atomic E-state index is 13.7. The lowest BCUT2D eigenvalue weighted by Crippen LogP contribution is -2.64. The number of aromatic nitrogens is 1. The first-order chi connectivity index (χ1) is 15.4. The summed E-state index contributed by atoms with van der Waals surface area (Å²) in [6.45, 7) is 4.37. The number of amides is 2. The van der Waals surface area contributed by atoms with Crippen LogP contribution in [-0.2, 0) is 17.9 Å². The van der Waals surface area contributed by atoms with Crippen LogP contribution in [0.4, 0.5) is 0 Å². The quantitative estimate of drug-likeness (QED) is 0.600. The molecular weight excluding hydrogens is 426 g/mol. The monoisotopic (exact) mass is 453 g/mol. The van der Waals surface area contributed by atoms with Gasteiger partial charge >= 0.3 is 0 Å². The normalized spacial score (nSPS) is 21.7. The molecule has 2 aromatic heterocycles. The average Bonchev–Trinajstić information content (AvgIpc) is 3.30. The standard InChI is InChI=1S/C25H28ClN3O3/c1-16-12-20-22(32-16)13-21-23(30)29(14-17-8-6-7-11-19(17)26)25(2,15-28(20)21)24(31)27-18-9-4-3-5-10-18/h6-8,11-13,18H,3-5,9-10,14-15H2,1-2H3,(H,27,31)/t25-/m0/s1. The molecule has 1 saturated carbocycles. The molecule has 6 nitrogen and oxygen atoms in total. The van der Waals surface area contributed by atoms with Crippen LogP contribution in [0, 0.1) is 6.92 Å². The average molecular weight is 454 g/mol. The van der Waals surface area contributed by atoms with Gasteiger partial charge in [0.05, 0.1) is 12.1 Å². The van der Waals surface area contributed by atoms with Crippen molar-refractivity contribution in [2.24, 2.45) is 0 Å². The number of halogens is 1. The summed E-state index contributed by atoms with van der Waals surface area (Å²) in [5.74, 6) is 0.476. The second kappa shape index (κ2) is 8.00. The lowest BCUT2D eigenvalue weighted by Gasteiger charge is -2.45. The van der Waals surface area contributed by atoms with Crippen molar-refractivity contribution >= 4 is 34.5 Å². The molecule has 1 aliphatic carbocycles. The van der Waals surface area contributed by atoms with E-state index in [4.69, 9.17) is 16.0 Å². The van der Waals surface area contributed by atoms with Crippen molar-refractivity contribution < 1.29 is 14.0 Å². The predicted molar refractivity (Wildman–Crippen MR) is 124 cm³/mol. The molecule has 0 spiro atoms. The van der Waals surface area contributed by atoms with Gasteiger partial charge in [-0.15, -0.1) is 0 Å². The minimum Gasteiger partial charge on any atom is -0.460 e. The van der Waals surface area contributed by atoms with Gasteiger partial charge in [0.2, 0.25) is 5.91 Å². The zero-order valence-corrected chi connectivity index (χ0v) is 19.2. The third kappa shape index (κ3) is 3.51. The second-order valence-corrected chi connectivity index (χ2v) is 9.69. The molecule has 1 aliphatic heterocycles. The Hall–Kier alpha value is -2.73. The van der Waals surface area contributed by atoms with Gasteiger partial charge in [0.15, 0.2) is 5.58 Å². The molecular formula is C25H28ClN3O3. The van der Waals surface area contributed by atoms with Crippen molar-refractivity contribution in [3.63, 3.8) is 0 Å². The summed E-state index contributed by atoms with van der Waals surface area (Å²) in [7, 11) is 0. The van der Waals surface area contributed by atoms with Crippen LogP contribution in [0.1, 0.15) is 60.8 Å². The highest BCUT2D eigenvalue weighted by Crippen LogP contribution is 2.35. The number of hydrogen-bond acceptors (Lipinski definition) is 3. The number of hydrogen-bond donors (Lipinski definition) is 1. The molecule has 32 heavy (non-hydrogen) atoms. The first-order valence-electron chi connectivity index (χ1n) is 11.3. The van der Waals surface area contributed by atoms with Crippen LogP contribution >= 0.6 is 11.6 Å². The maximum Gasteiger partial charge on any atom is 0.271 e. The first-order valence-corrected chi connectivity index (χ1v) is 11.7. The van der Waals surface area contributed by atoms with Crippen LogP contribution in [0.15, 0.2) is 40.8 Å². The van der Waals surface area contributed by atoms with E-state index in [-0.39, 0.29) is 24.4 Å². The van der Waals surface area contributed by atoms with Crippen molar-refractivity contribution in [2.45, 2.75) is 70.6 Å². The Morgan fingerprint density at radius 2 is 1.97 bits per heavy atom. The Bertz CT molecular complexity index is 1190. The number of fused-ring (bicyclic) bond motifs is 3. The number of nitrogens with one attached hydrogen (secondary N) is 1. The molecule has 0 saturated heterocycles. The molecule has 1 atom stereocenters. The minimum absolute atomic E-state index is 0.113. The fourth-order valence-corrected chi connectivity index (χ4v) is 5.29. The number of rotatable bonds is 4. The molecule has 0 radical (unpaired) electrons. The summed E-state index contributed by atoms with van der Waals surface area (Å²) in [5.41, 5.74) is 1.81. The third-order valence-electron chi connectivity index (χ3n) is 6.95. The predicted octanol–water partition coefficient (Wildman–Crippen LogP) is 5.06. The van der Waals surface area contributed by atoms with Gasteiger partial charge in [-0.2, -0.15) is 0 Å². The molecule has 1 aromatic carbocycles. The van der Waals surface area contributed by atoms with E-state index < -0.39 is 5.54 Å². The fourth-order valence-electron chi connectivity index (χ4n) is 5.09. The van der Waals surface area contributed by atoms with Gasteiger partial charge in [-0.3, -0.25) is 9.59 Å². The van der Waals surface area contributed by atoms with Gasteiger partial charge in [-0.25, -0.2) is 0 Å². The third-order valence-corrected chi connectivity index (χ3v) is 7.32. The molecule has 1 N–H and O–H groups in total. The summed E-state index contributed by atoms with van der Waals surface area (Å²) < 4.78 is 7.71. The maximum atomic E-state index is 13.7. The Morgan fingerprint density at radius 1 is 1.22 bits per heavy atom. The van der Waals surface area contributed by atoms with E-state index in [0.29, 0.717) is 22.8 Å². The first kappa shape index (κ1) is 21.1. The Morgan fingerprint density at radius 3 is 2.72 bits per heavy atom. The Balaban J connectivity index is 1.55. The van der Waals surface area contributed by atoms with Gasteiger partial charge in [0.25, 0.3) is 5.91 Å². The molecule has 3 aromatic rings. The number of carbonyl (C=O) groups is 2. The molecule has 2 amide bonds. The highest BCUT2D eigenvalue weighted by Gasteiger charge is 2.48. The summed E-state index contributed by atoms with van der Waals surface area (Å²) in [5, 5.41) is 3.84. The molecule has 168 valence electrons. The highest BCUT2D eigenvalue weighted by molar-refractivity contribution is 6.31. The molecule has 7 heteroatoms. The van der Waals surface area contributed by atoms with E-state index >= 15 is 0 Å². The number of carbonyl (C=O) groups excluding carboxylic acids is 2. The SMILES string of the molecule is Cc1cc2c(cc3n2C[C@@](C)(C(=O)NC2CCCCC2)N(Cc2ccccc2Cl)C3=O)o1. The van der Waals surface area contributed by atoms with Crippen molar-refractivity contribution in [1.82, 2.24) is 14.8 Å². The highest BCUT2D eigenvalue weighted by atomic mass is 35.5. The molecule has 3 heterocycles.